The van der Waals surface area contributed by atoms with Crippen molar-refractivity contribution in [3.63, 3.8) is 0 Å². The monoisotopic (exact) mass is 388 g/mol. The van der Waals surface area contributed by atoms with E-state index in [9.17, 15) is 13.2 Å². The third-order valence-electron chi connectivity index (χ3n) is 5.18. The minimum absolute atomic E-state index is 0.344. The second kappa shape index (κ2) is 6.16. The molecule has 1 aromatic carbocycles. The molecule has 0 atom stereocenters. The average Bonchev–Trinajstić information content (AvgIpc) is 3.32. The Kier molecular flexibility index (Phi) is 4.14. The van der Waals surface area contributed by atoms with Crippen molar-refractivity contribution in [1.82, 2.24) is 9.97 Å². The highest BCUT2D eigenvalue weighted by molar-refractivity contribution is 7.12. The lowest BCUT2D eigenvalue weighted by Gasteiger charge is -2.19. The number of aryl methyl sites for hydroxylation is 3. The fourth-order valence-electron chi connectivity index (χ4n) is 3.66. The molecule has 0 N–H and O–H groups in total. The maximum atomic E-state index is 13.5. The van der Waals surface area contributed by atoms with E-state index in [4.69, 9.17) is 4.98 Å². The number of rotatable bonds is 3. The number of alkyl halides is 3. The number of hydrogen-bond acceptors (Lipinski definition) is 3. The van der Waals surface area contributed by atoms with E-state index < -0.39 is 17.2 Å². The lowest BCUT2D eigenvalue weighted by Crippen LogP contribution is -2.17. The molecule has 6 heteroatoms. The zero-order valence-electron chi connectivity index (χ0n) is 15.3. The van der Waals surface area contributed by atoms with Gasteiger partial charge in [-0.15, -0.1) is 11.3 Å². The Balaban J connectivity index is 1.82. The van der Waals surface area contributed by atoms with E-state index in [0.29, 0.717) is 18.4 Å². The molecule has 0 aliphatic heterocycles. The Morgan fingerprint density at radius 2 is 1.67 bits per heavy atom. The molecule has 2 heterocycles. The molecule has 1 aliphatic rings. The smallest absolute Gasteiger partial charge is 0.258 e. The summed E-state index contributed by atoms with van der Waals surface area (Å²) in [6.45, 7) is 5.84. The largest absolute Gasteiger partial charge is 0.416 e. The van der Waals surface area contributed by atoms with Crippen molar-refractivity contribution >= 4 is 11.3 Å². The fraction of sp³-hybridized carbons (Fsp3) is 0.333. The van der Waals surface area contributed by atoms with Gasteiger partial charge in [-0.2, -0.15) is 13.2 Å². The summed E-state index contributed by atoms with van der Waals surface area (Å²) in [5.74, 6) is 0. The summed E-state index contributed by atoms with van der Waals surface area (Å²) in [5.41, 5.74) is 2.77. The first-order chi connectivity index (χ1) is 12.7. The van der Waals surface area contributed by atoms with Crippen molar-refractivity contribution in [3.05, 3.63) is 68.8 Å². The lowest BCUT2D eigenvalue weighted by molar-refractivity contribution is -0.138. The maximum absolute atomic E-state index is 13.5. The molecular weight excluding hydrogens is 369 g/mol. The summed E-state index contributed by atoms with van der Waals surface area (Å²) in [7, 11) is 0. The SMILES string of the molecule is Cc1ccc(-c2nc(C3(c4ccccc4C(F)(F)F)CC3)sc2C)c(C)n1. The van der Waals surface area contributed by atoms with Crippen LogP contribution >= 0.6 is 11.3 Å². The summed E-state index contributed by atoms with van der Waals surface area (Å²) in [6.07, 6.45) is -2.98. The Bertz CT molecular complexity index is 1020. The highest BCUT2D eigenvalue weighted by Gasteiger charge is 2.52. The van der Waals surface area contributed by atoms with Crippen LogP contribution < -0.4 is 0 Å². The van der Waals surface area contributed by atoms with Gasteiger partial charge in [-0.3, -0.25) is 4.98 Å². The first-order valence-corrected chi connectivity index (χ1v) is 9.63. The normalized spacial score (nSPS) is 15.8. The number of pyridine rings is 1. The van der Waals surface area contributed by atoms with E-state index in [2.05, 4.69) is 4.98 Å². The Morgan fingerprint density at radius 1 is 0.963 bits per heavy atom. The summed E-state index contributed by atoms with van der Waals surface area (Å²) in [5, 5.41) is 0.770. The van der Waals surface area contributed by atoms with Gasteiger partial charge in [0.25, 0.3) is 0 Å². The van der Waals surface area contributed by atoms with E-state index in [1.165, 1.54) is 23.5 Å². The second-order valence-corrected chi connectivity index (χ2v) is 8.34. The predicted octanol–water partition coefficient (Wildman–Crippen LogP) is 6.23. The molecule has 0 bridgehead atoms. The molecule has 1 fully saturated rings. The van der Waals surface area contributed by atoms with Gasteiger partial charge in [0.1, 0.15) is 5.01 Å². The van der Waals surface area contributed by atoms with Crippen LogP contribution in [-0.4, -0.2) is 9.97 Å². The molecular formula is C21H19F3N2S. The first-order valence-electron chi connectivity index (χ1n) is 8.81. The van der Waals surface area contributed by atoms with Gasteiger partial charge in [0.15, 0.2) is 0 Å². The number of aromatic nitrogens is 2. The number of hydrogen-bond donors (Lipinski definition) is 0. The van der Waals surface area contributed by atoms with Crippen LogP contribution in [0.5, 0.6) is 0 Å². The molecule has 140 valence electrons. The summed E-state index contributed by atoms with van der Waals surface area (Å²) in [6, 6.07) is 9.83. The Hall–Kier alpha value is -2.21. The summed E-state index contributed by atoms with van der Waals surface area (Å²) < 4.78 is 40.6. The molecule has 0 spiro atoms. The van der Waals surface area contributed by atoms with Crippen molar-refractivity contribution in [2.75, 3.05) is 0 Å². The number of nitrogens with zero attached hydrogens (tertiary/aromatic N) is 2. The van der Waals surface area contributed by atoms with Gasteiger partial charge >= 0.3 is 6.18 Å². The zero-order chi connectivity index (χ0) is 19.4. The quantitative estimate of drug-likeness (QED) is 0.532. The molecule has 1 aliphatic carbocycles. The number of benzene rings is 1. The van der Waals surface area contributed by atoms with Crippen LogP contribution in [0, 0.1) is 20.8 Å². The predicted molar refractivity (Wildman–Crippen MR) is 101 cm³/mol. The number of thiazole rings is 1. The number of halogens is 3. The van der Waals surface area contributed by atoms with Crippen LogP contribution in [0.3, 0.4) is 0 Å². The van der Waals surface area contributed by atoms with Gasteiger partial charge in [-0.25, -0.2) is 4.98 Å². The minimum atomic E-state index is -4.36. The van der Waals surface area contributed by atoms with E-state index >= 15 is 0 Å². The summed E-state index contributed by atoms with van der Waals surface area (Å²) >= 11 is 1.50. The van der Waals surface area contributed by atoms with Crippen molar-refractivity contribution in [2.24, 2.45) is 0 Å². The van der Waals surface area contributed by atoms with Crippen LogP contribution in [0.2, 0.25) is 0 Å². The lowest BCUT2D eigenvalue weighted by atomic mass is 9.91. The second-order valence-electron chi connectivity index (χ2n) is 7.13. The van der Waals surface area contributed by atoms with Gasteiger partial charge < -0.3 is 0 Å². The molecule has 2 aromatic heterocycles. The molecule has 2 nitrogen and oxygen atoms in total. The third-order valence-corrected chi connectivity index (χ3v) is 6.36. The highest BCUT2D eigenvalue weighted by atomic mass is 32.1. The van der Waals surface area contributed by atoms with Gasteiger partial charge in [0.05, 0.1) is 11.3 Å². The van der Waals surface area contributed by atoms with Gasteiger partial charge in [0, 0.05) is 27.2 Å². The minimum Gasteiger partial charge on any atom is -0.258 e. The maximum Gasteiger partial charge on any atom is 0.416 e. The van der Waals surface area contributed by atoms with Crippen molar-refractivity contribution in [3.8, 4) is 11.3 Å². The molecule has 1 saturated carbocycles. The average molecular weight is 388 g/mol. The fourth-order valence-corrected chi connectivity index (χ4v) is 4.85. The van der Waals surface area contributed by atoms with Crippen molar-refractivity contribution < 1.29 is 13.2 Å². The van der Waals surface area contributed by atoms with Crippen molar-refractivity contribution in [2.45, 2.75) is 45.2 Å². The summed E-state index contributed by atoms with van der Waals surface area (Å²) in [4.78, 5) is 10.3. The highest BCUT2D eigenvalue weighted by Crippen LogP contribution is 2.57. The van der Waals surface area contributed by atoms with E-state index in [1.807, 2.05) is 32.9 Å². The van der Waals surface area contributed by atoms with Gasteiger partial charge in [-0.1, -0.05) is 18.2 Å². The van der Waals surface area contributed by atoms with Gasteiger partial charge in [-0.05, 0) is 57.4 Å². The zero-order valence-corrected chi connectivity index (χ0v) is 16.1. The third kappa shape index (κ3) is 3.06. The van der Waals surface area contributed by atoms with Crippen LogP contribution in [0.1, 0.15) is 45.2 Å². The van der Waals surface area contributed by atoms with Crippen LogP contribution in [0.25, 0.3) is 11.3 Å². The molecule has 0 unspecified atom stereocenters. The Morgan fingerprint density at radius 3 is 2.30 bits per heavy atom. The molecule has 0 radical (unpaired) electrons. The van der Waals surface area contributed by atoms with E-state index in [0.717, 1.165) is 32.5 Å². The molecule has 0 saturated heterocycles. The Labute approximate surface area is 160 Å². The molecule has 0 amide bonds. The molecule has 4 rings (SSSR count). The van der Waals surface area contributed by atoms with Gasteiger partial charge in [0.2, 0.25) is 0 Å². The van der Waals surface area contributed by atoms with Crippen molar-refractivity contribution in [1.29, 1.82) is 0 Å². The topological polar surface area (TPSA) is 25.8 Å². The van der Waals surface area contributed by atoms with E-state index in [-0.39, 0.29) is 0 Å². The van der Waals surface area contributed by atoms with Crippen LogP contribution in [-0.2, 0) is 11.6 Å². The van der Waals surface area contributed by atoms with Crippen LogP contribution in [0.4, 0.5) is 13.2 Å². The molecule has 3 aromatic rings. The van der Waals surface area contributed by atoms with E-state index in [1.54, 1.807) is 12.1 Å². The standard InChI is InChI=1S/C21H19F3N2S/c1-12-8-9-15(13(2)25-12)18-14(3)27-19(26-18)20(10-11-20)16-6-4-5-7-17(16)21(22,23)24/h4-9H,10-11H2,1-3H3. The molecule has 27 heavy (non-hydrogen) atoms. The van der Waals surface area contributed by atoms with Crippen LogP contribution in [0.15, 0.2) is 36.4 Å². The first kappa shape index (κ1) is 18.2.